The van der Waals surface area contributed by atoms with Gasteiger partial charge in [-0.2, -0.15) is 4.98 Å². The molecule has 5 nitrogen and oxygen atoms in total. The Morgan fingerprint density at radius 2 is 2.11 bits per heavy atom. The second-order valence-electron chi connectivity index (χ2n) is 5.50. The van der Waals surface area contributed by atoms with E-state index in [2.05, 4.69) is 43.1 Å². The largest absolute Gasteiger partial charge is 0.424 e. The molecular weight excluding hydrogens is 240 g/mol. The minimum atomic E-state index is 0.292. The van der Waals surface area contributed by atoms with Gasteiger partial charge in [0.1, 0.15) is 5.52 Å². The first-order chi connectivity index (χ1) is 8.95. The van der Waals surface area contributed by atoms with Gasteiger partial charge in [0.05, 0.1) is 0 Å². The highest BCUT2D eigenvalue weighted by molar-refractivity contribution is 5.78. The standard InChI is InChI=1S/C14H22N4O/c1-9(2)12(8-18(3)4)17-14-16-11-7-10(15)5-6-13(11)19-14/h5-7,9,12H,8,15H2,1-4H3,(H,16,17). The molecule has 5 heteroatoms. The summed E-state index contributed by atoms with van der Waals surface area (Å²) in [6.45, 7) is 5.29. The Labute approximate surface area is 113 Å². The fourth-order valence-corrected chi connectivity index (χ4v) is 1.98. The Hall–Kier alpha value is -1.75. The molecule has 0 spiro atoms. The van der Waals surface area contributed by atoms with Gasteiger partial charge in [0.15, 0.2) is 5.58 Å². The van der Waals surface area contributed by atoms with Gasteiger partial charge in [-0.15, -0.1) is 0 Å². The van der Waals surface area contributed by atoms with Gasteiger partial charge in [-0.25, -0.2) is 0 Å². The lowest BCUT2D eigenvalue weighted by Gasteiger charge is -2.24. The molecule has 1 unspecified atom stereocenters. The molecule has 104 valence electrons. The molecule has 0 radical (unpaired) electrons. The summed E-state index contributed by atoms with van der Waals surface area (Å²) in [7, 11) is 4.12. The van der Waals surface area contributed by atoms with E-state index in [9.17, 15) is 0 Å². The average Bonchev–Trinajstić information content (AvgIpc) is 2.68. The number of nitrogens with one attached hydrogen (secondary N) is 1. The number of rotatable bonds is 5. The minimum Gasteiger partial charge on any atom is -0.424 e. The molecule has 0 fully saturated rings. The molecule has 2 rings (SSSR count). The molecule has 0 aliphatic rings. The zero-order chi connectivity index (χ0) is 14.0. The van der Waals surface area contributed by atoms with Gasteiger partial charge in [0, 0.05) is 18.3 Å². The third-order valence-electron chi connectivity index (χ3n) is 3.09. The van der Waals surface area contributed by atoms with Crippen LogP contribution >= 0.6 is 0 Å². The van der Waals surface area contributed by atoms with Crippen molar-refractivity contribution in [3.63, 3.8) is 0 Å². The smallest absolute Gasteiger partial charge is 0.295 e. The van der Waals surface area contributed by atoms with Crippen molar-refractivity contribution in [2.45, 2.75) is 19.9 Å². The lowest BCUT2D eigenvalue weighted by Crippen LogP contribution is -2.36. The Balaban J connectivity index is 2.19. The quantitative estimate of drug-likeness (QED) is 0.810. The molecule has 1 aromatic carbocycles. The van der Waals surface area contributed by atoms with E-state index in [0.717, 1.165) is 17.6 Å². The molecular formula is C14H22N4O. The maximum absolute atomic E-state index is 5.74. The van der Waals surface area contributed by atoms with Crippen LogP contribution in [0.3, 0.4) is 0 Å². The van der Waals surface area contributed by atoms with E-state index < -0.39 is 0 Å². The van der Waals surface area contributed by atoms with Crippen LogP contribution in [0.15, 0.2) is 22.6 Å². The number of anilines is 2. The number of nitrogen functional groups attached to an aromatic ring is 1. The second-order valence-corrected chi connectivity index (χ2v) is 5.50. The van der Waals surface area contributed by atoms with Crippen LogP contribution in [-0.4, -0.2) is 36.6 Å². The third kappa shape index (κ3) is 3.38. The topological polar surface area (TPSA) is 67.3 Å². The van der Waals surface area contributed by atoms with Crippen LogP contribution in [0.5, 0.6) is 0 Å². The van der Waals surface area contributed by atoms with Crippen molar-refractivity contribution in [3.05, 3.63) is 18.2 Å². The van der Waals surface area contributed by atoms with E-state index in [0.29, 0.717) is 23.7 Å². The molecule has 1 atom stereocenters. The molecule has 0 saturated heterocycles. The van der Waals surface area contributed by atoms with Crippen molar-refractivity contribution in [1.29, 1.82) is 0 Å². The zero-order valence-corrected chi connectivity index (χ0v) is 12.0. The van der Waals surface area contributed by atoms with E-state index in [1.165, 1.54) is 0 Å². The van der Waals surface area contributed by atoms with Crippen LogP contribution < -0.4 is 11.1 Å². The zero-order valence-electron chi connectivity index (χ0n) is 12.0. The lowest BCUT2D eigenvalue weighted by atomic mass is 10.0. The number of oxazole rings is 1. The first-order valence-corrected chi connectivity index (χ1v) is 6.53. The SMILES string of the molecule is CC(C)C(CN(C)C)Nc1nc2cc(N)ccc2o1. The Bertz CT molecular complexity index is 547. The van der Waals surface area contributed by atoms with Crippen LogP contribution in [0.2, 0.25) is 0 Å². The fraction of sp³-hybridized carbons (Fsp3) is 0.500. The summed E-state index contributed by atoms with van der Waals surface area (Å²) in [5.74, 6) is 0.488. The minimum absolute atomic E-state index is 0.292. The van der Waals surface area contributed by atoms with Crippen LogP contribution in [0.4, 0.5) is 11.7 Å². The molecule has 3 N–H and O–H groups in total. The predicted octanol–water partition coefficient (Wildman–Crippen LogP) is 2.41. The highest BCUT2D eigenvalue weighted by atomic mass is 16.4. The molecule has 0 saturated carbocycles. The van der Waals surface area contributed by atoms with E-state index >= 15 is 0 Å². The van der Waals surface area contributed by atoms with Gasteiger partial charge in [0.2, 0.25) is 0 Å². The summed E-state index contributed by atoms with van der Waals surface area (Å²) < 4.78 is 5.69. The number of hydrogen-bond acceptors (Lipinski definition) is 5. The normalized spacial score (nSPS) is 13.4. The Morgan fingerprint density at radius 1 is 1.37 bits per heavy atom. The van der Waals surface area contributed by atoms with E-state index in [1.54, 1.807) is 0 Å². The third-order valence-corrected chi connectivity index (χ3v) is 3.09. The van der Waals surface area contributed by atoms with E-state index in [4.69, 9.17) is 10.2 Å². The summed E-state index contributed by atoms with van der Waals surface area (Å²) in [5.41, 5.74) is 7.98. The highest BCUT2D eigenvalue weighted by Crippen LogP contribution is 2.22. The summed E-state index contributed by atoms with van der Waals surface area (Å²) in [4.78, 5) is 6.58. The van der Waals surface area contributed by atoms with Gasteiger partial charge in [-0.3, -0.25) is 0 Å². The average molecular weight is 262 g/mol. The molecule has 0 amide bonds. The summed E-state index contributed by atoms with van der Waals surface area (Å²) in [6, 6.07) is 6.33. The van der Waals surface area contributed by atoms with Crippen LogP contribution in [-0.2, 0) is 0 Å². The van der Waals surface area contributed by atoms with Crippen molar-refractivity contribution in [1.82, 2.24) is 9.88 Å². The van der Waals surface area contributed by atoms with Crippen LogP contribution in [0.25, 0.3) is 11.1 Å². The number of aromatic nitrogens is 1. The van der Waals surface area contributed by atoms with E-state index in [1.807, 2.05) is 18.2 Å². The van der Waals surface area contributed by atoms with Crippen molar-refractivity contribution >= 4 is 22.8 Å². The number of fused-ring (bicyclic) bond motifs is 1. The summed E-state index contributed by atoms with van der Waals surface area (Å²) >= 11 is 0. The highest BCUT2D eigenvalue weighted by Gasteiger charge is 2.17. The molecule has 1 aromatic heterocycles. The predicted molar refractivity (Wildman–Crippen MR) is 79.2 cm³/mol. The molecule has 2 aromatic rings. The van der Waals surface area contributed by atoms with Crippen LogP contribution in [0.1, 0.15) is 13.8 Å². The Kier molecular flexibility index (Phi) is 3.95. The molecule has 1 heterocycles. The number of hydrogen-bond donors (Lipinski definition) is 2. The lowest BCUT2D eigenvalue weighted by molar-refractivity contribution is 0.340. The second kappa shape index (κ2) is 5.48. The number of likely N-dealkylation sites (N-methyl/N-ethyl adjacent to an activating group) is 1. The van der Waals surface area contributed by atoms with Crippen LogP contribution in [0, 0.1) is 5.92 Å². The van der Waals surface area contributed by atoms with Crippen molar-refractivity contribution in [2.24, 2.45) is 5.92 Å². The maximum atomic E-state index is 5.74. The molecule has 0 aliphatic carbocycles. The van der Waals surface area contributed by atoms with Gasteiger partial charge in [-0.1, -0.05) is 13.8 Å². The monoisotopic (exact) mass is 262 g/mol. The van der Waals surface area contributed by atoms with Gasteiger partial charge < -0.3 is 20.4 Å². The molecule has 19 heavy (non-hydrogen) atoms. The number of nitrogens with zero attached hydrogens (tertiary/aromatic N) is 2. The first-order valence-electron chi connectivity index (χ1n) is 6.53. The van der Waals surface area contributed by atoms with Crippen molar-refractivity contribution in [3.8, 4) is 0 Å². The van der Waals surface area contributed by atoms with Crippen molar-refractivity contribution in [2.75, 3.05) is 31.7 Å². The molecule has 0 bridgehead atoms. The van der Waals surface area contributed by atoms with Gasteiger partial charge in [0.25, 0.3) is 6.01 Å². The maximum Gasteiger partial charge on any atom is 0.295 e. The van der Waals surface area contributed by atoms with Gasteiger partial charge >= 0.3 is 0 Å². The summed E-state index contributed by atoms with van der Waals surface area (Å²) in [6.07, 6.45) is 0. The molecule has 0 aliphatic heterocycles. The fourth-order valence-electron chi connectivity index (χ4n) is 1.98. The number of benzene rings is 1. The van der Waals surface area contributed by atoms with Gasteiger partial charge in [-0.05, 0) is 38.2 Å². The first kappa shape index (κ1) is 13.7. The van der Waals surface area contributed by atoms with E-state index in [-0.39, 0.29) is 0 Å². The summed E-state index contributed by atoms with van der Waals surface area (Å²) in [5, 5.41) is 3.36. The number of nitrogens with two attached hydrogens (primary N) is 1. The van der Waals surface area contributed by atoms with Crippen molar-refractivity contribution < 1.29 is 4.42 Å². The Morgan fingerprint density at radius 3 is 2.74 bits per heavy atom.